The van der Waals surface area contributed by atoms with Crippen LogP contribution in [0.2, 0.25) is 0 Å². The zero-order valence-electron chi connectivity index (χ0n) is 11.7. The van der Waals surface area contributed by atoms with Crippen LogP contribution in [-0.4, -0.2) is 24.4 Å². The van der Waals surface area contributed by atoms with Crippen molar-refractivity contribution in [2.45, 2.75) is 50.1 Å². The zero-order valence-corrected chi connectivity index (χ0v) is 11.7. The van der Waals surface area contributed by atoms with Gasteiger partial charge in [-0.3, -0.25) is 0 Å². The molecular weight excluding hydrogens is 248 g/mol. The maximum Gasteiger partial charge on any atom is 0.0647 e. The molecular formula is C18H22O2. The molecule has 6 aliphatic carbocycles. The van der Waals surface area contributed by atoms with Gasteiger partial charge in [0.1, 0.15) is 0 Å². The van der Waals surface area contributed by atoms with Crippen LogP contribution >= 0.6 is 0 Å². The summed E-state index contributed by atoms with van der Waals surface area (Å²) in [4.78, 5) is 0. The number of fused-ring (bicyclic) bond motifs is 4. The van der Waals surface area contributed by atoms with Crippen LogP contribution < -0.4 is 0 Å². The van der Waals surface area contributed by atoms with Crippen LogP contribution in [0.5, 0.6) is 0 Å². The number of rotatable bonds is 0. The first-order chi connectivity index (χ1) is 9.93. The van der Waals surface area contributed by atoms with Crippen LogP contribution in [0.4, 0.5) is 0 Å². The van der Waals surface area contributed by atoms with Crippen molar-refractivity contribution < 1.29 is 9.47 Å². The van der Waals surface area contributed by atoms with E-state index in [-0.39, 0.29) is 0 Å². The summed E-state index contributed by atoms with van der Waals surface area (Å²) in [6.45, 7) is 0. The van der Waals surface area contributed by atoms with Crippen LogP contribution in [0.15, 0.2) is 0 Å². The van der Waals surface area contributed by atoms with E-state index in [0.717, 1.165) is 59.2 Å². The molecule has 14 atom stereocenters. The fraction of sp³-hybridized carbons (Fsp3) is 1.00. The lowest BCUT2D eigenvalue weighted by molar-refractivity contribution is -0.0316. The minimum Gasteiger partial charge on any atom is -0.374 e. The summed E-state index contributed by atoms with van der Waals surface area (Å²) in [7, 11) is 0. The van der Waals surface area contributed by atoms with E-state index in [4.69, 9.17) is 9.47 Å². The maximum atomic E-state index is 6.71. The molecule has 2 aliphatic heterocycles. The molecule has 0 aromatic heterocycles. The highest BCUT2D eigenvalue weighted by Gasteiger charge is 2.82. The minimum atomic E-state index is 0.663. The predicted molar refractivity (Wildman–Crippen MR) is 70.7 cm³/mol. The number of ether oxygens (including phenoxy) is 2. The van der Waals surface area contributed by atoms with Gasteiger partial charge in [0.25, 0.3) is 0 Å². The number of hydrogen-bond donors (Lipinski definition) is 0. The van der Waals surface area contributed by atoms with E-state index in [1.165, 1.54) is 25.7 Å². The van der Waals surface area contributed by atoms with Crippen molar-refractivity contribution in [1.82, 2.24) is 0 Å². The topological polar surface area (TPSA) is 18.5 Å². The van der Waals surface area contributed by atoms with Crippen LogP contribution in [0, 0.1) is 59.2 Å². The second-order valence-corrected chi connectivity index (χ2v) is 9.38. The molecule has 0 bridgehead atoms. The Morgan fingerprint density at radius 1 is 0.450 bits per heavy atom. The smallest absolute Gasteiger partial charge is 0.0647 e. The molecule has 0 amide bonds. The monoisotopic (exact) mass is 270 g/mol. The largest absolute Gasteiger partial charge is 0.374 e. The molecule has 106 valence electrons. The summed E-state index contributed by atoms with van der Waals surface area (Å²) in [6, 6.07) is 0. The Morgan fingerprint density at radius 2 is 0.950 bits per heavy atom. The first kappa shape index (κ1) is 9.84. The van der Waals surface area contributed by atoms with Gasteiger partial charge in [0.15, 0.2) is 0 Å². The molecule has 8 rings (SSSR count). The van der Waals surface area contributed by atoms with E-state index in [1.807, 2.05) is 0 Å². The first-order valence-corrected chi connectivity index (χ1v) is 9.24. The van der Waals surface area contributed by atoms with E-state index >= 15 is 0 Å². The minimum absolute atomic E-state index is 0.663. The molecule has 2 nitrogen and oxygen atoms in total. The summed E-state index contributed by atoms with van der Waals surface area (Å²) in [5.74, 6) is 9.86. The molecule has 8 fully saturated rings. The van der Waals surface area contributed by atoms with Gasteiger partial charge in [-0.15, -0.1) is 0 Å². The summed E-state index contributed by atoms with van der Waals surface area (Å²) >= 11 is 0. The van der Waals surface area contributed by atoms with Crippen LogP contribution in [0.3, 0.4) is 0 Å². The Kier molecular flexibility index (Phi) is 1.30. The molecule has 0 aromatic carbocycles. The third-order valence-corrected chi connectivity index (χ3v) is 9.70. The second kappa shape index (κ2) is 2.65. The molecule has 0 radical (unpaired) electrons. The summed E-state index contributed by atoms with van der Waals surface area (Å²) in [6.07, 6.45) is 8.39. The van der Waals surface area contributed by atoms with Gasteiger partial charge in [-0.25, -0.2) is 0 Å². The molecule has 2 heteroatoms. The number of hydrogen-bond acceptors (Lipinski definition) is 2. The summed E-state index contributed by atoms with van der Waals surface area (Å²) in [5.41, 5.74) is 0. The lowest BCUT2D eigenvalue weighted by atomic mass is 9.79. The SMILES string of the molecule is C1C[C@@H]2O[C@H]3[C@@H]4[C@H]5[C@H]6[C@@H]7[C@H](O[C@@H]8CC[C@@H]([C@H]36)[C@@H]78)[C@@H]5[C@H]1[C@H]42. The van der Waals surface area contributed by atoms with Crippen molar-refractivity contribution in [3.8, 4) is 0 Å². The van der Waals surface area contributed by atoms with Crippen molar-refractivity contribution in [3.63, 3.8) is 0 Å². The fourth-order valence-corrected chi connectivity index (χ4v) is 10.0. The van der Waals surface area contributed by atoms with Gasteiger partial charge >= 0.3 is 0 Å². The van der Waals surface area contributed by atoms with Gasteiger partial charge in [0.05, 0.1) is 24.4 Å². The molecule has 6 saturated carbocycles. The van der Waals surface area contributed by atoms with Gasteiger partial charge < -0.3 is 9.47 Å². The van der Waals surface area contributed by atoms with Gasteiger partial charge in [0.2, 0.25) is 0 Å². The van der Waals surface area contributed by atoms with E-state index in [9.17, 15) is 0 Å². The lowest BCUT2D eigenvalue weighted by Gasteiger charge is -2.25. The summed E-state index contributed by atoms with van der Waals surface area (Å²) < 4.78 is 13.4. The van der Waals surface area contributed by atoms with Crippen molar-refractivity contribution in [2.24, 2.45) is 59.2 Å². The fourth-order valence-electron chi connectivity index (χ4n) is 10.0. The van der Waals surface area contributed by atoms with Crippen LogP contribution in [0.1, 0.15) is 25.7 Å². The van der Waals surface area contributed by atoms with E-state index in [0.29, 0.717) is 24.4 Å². The zero-order chi connectivity index (χ0) is 12.3. The average molecular weight is 270 g/mol. The molecule has 2 saturated heterocycles. The van der Waals surface area contributed by atoms with Crippen molar-refractivity contribution in [1.29, 1.82) is 0 Å². The predicted octanol–water partition coefficient (Wildman–Crippen LogP) is 2.33. The molecule has 0 aromatic rings. The highest BCUT2D eigenvalue weighted by Crippen LogP contribution is 2.81. The molecule has 0 N–H and O–H groups in total. The standard InChI is InChI=1S/C18H22O2/c1-3-7-9-5(1)11-13-14-12(18(19-7)15(9)13)6-2-4-8-10(6)16(14)17(11)20-8/h5-18H,1-4H2/t5-,6-,7-,8+,9-,10+,11+,12-,13+,14-,15-,16+,17-,18-/m1/s1. The van der Waals surface area contributed by atoms with Crippen molar-refractivity contribution in [2.75, 3.05) is 0 Å². The molecule has 2 heterocycles. The quantitative estimate of drug-likeness (QED) is 0.672. The van der Waals surface area contributed by atoms with E-state index in [1.54, 1.807) is 0 Å². The van der Waals surface area contributed by atoms with Gasteiger partial charge in [-0.1, -0.05) is 0 Å². The third-order valence-electron chi connectivity index (χ3n) is 9.70. The van der Waals surface area contributed by atoms with Crippen LogP contribution in [0.25, 0.3) is 0 Å². The Balaban J connectivity index is 1.43. The third kappa shape index (κ3) is 0.695. The second-order valence-electron chi connectivity index (χ2n) is 9.38. The first-order valence-electron chi connectivity index (χ1n) is 9.24. The molecule has 20 heavy (non-hydrogen) atoms. The van der Waals surface area contributed by atoms with Gasteiger partial charge in [-0.05, 0) is 84.9 Å². The van der Waals surface area contributed by atoms with E-state index in [2.05, 4.69) is 0 Å². The Bertz CT molecular complexity index is 494. The normalized spacial score (nSPS) is 82.8. The van der Waals surface area contributed by atoms with Crippen molar-refractivity contribution >= 4 is 0 Å². The Labute approximate surface area is 119 Å². The van der Waals surface area contributed by atoms with Crippen LogP contribution in [-0.2, 0) is 9.47 Å². The molecule has 8 aliphatic rings. The Morgan fingerprint density at radius 3 is 1.45 bits per heavy atom. The Hall–Kier alpha value is -0.0800. The van der Waals surface area contributed by atoms with Crippen molar-refractivity contribution in [3.05, 3.63) is 0 Å². The molecule has 0 spiro atoms. The highest BCUT2D eigenvalue weighted by atomic mass is 16.5. The van der Waals surface area contributed by atoms with Gasteiger partial charge in [-0.2, -0.15) is 0 Å². The average Bonchev–Trinajstić information content (AvgIpc) is 3.17. The maximum absolute atomic E-state index is 6.71. The van der Waals surface area contributed by atoms with Gasteiger partial charge in [0, 0.05) is 0 Å². The lowest BCUT2D eigenvalue weighted by Crippen LogP contribution is -2.28. The van der Waals surface area contributed by atoms with E-state index < -0.39 is 0 Å². The molecule has 0 unspecified atom stereocenters. The highest BCUT2D eigenvalue weighted by molar-refractivity contribution is 5.29. The summed E-state index contributed by atoms with van der Waals surface area (Å²) in [5, 5.41) is 0.